The summed E-state index contributed by atoms with van der Waals surface area (Å²) in [5.41, 5.74) is 0.949. The van der Waals surface area contributed by atoms with Gasteiger partial charge in [0.15, 0.2) is 5.96 Å². The summed E-state index contributed by atoms with van der Waals surface area (Å²) in [6.07, 6.45) is 2.36. The molecular formula is C20H34FIN4O. The maximum atomic E-state index is 13.4. The third-order valence-electron chi connectivity index (χ3n) is 4.82. The van der Waals surface area contributed by atoms with E-state index >= 15 is 0 Å². The maximum Gasteiger partial charge on any atom is 0.193 e. The lowest BCUT2D eigenvalue weighted by Gasteiger charge is -2.31. The summed E-state index contributed by atoms with van der Waals surface area (Å²) in [7, 11) is 3.75. The van der Waals surface area contributed by atoms with Crippen LogP contribution in [0.2, 0.25) is 0 Å². The van der Waals surface area contributed by atoms with Gasteiger partial charge in [0, 0.05) is 40.3 Å². The van der Waals surface area contributed by atoms with E-state index in [0.717, 1.165) is 50.9 Å². The number of nitrogens with one attached hydrogen (secondary N) is 1. The molecule has 0 bridgehead atoms. The van der Waals surface area contributed by atoms with E-state index < -0.39 is 0 Å². The number of aliphatic imine (C=N–C) groups is 1. The average Bonchev–Trinajstić information content (AvgIpc) is 2.64. The summed E-state index contributed by atoms with van der Waals surface area (Å²) >= 11 is 0. The Kier molecular flexibility index (Phi) is 11.9. The second kappa shape index (κ2) is 13.3. The van der Waals surface area contributed by atoms with Crippen molar-refractivity contribution in [2.24, 2.45) is 10.9 Å². The molecule has 0 spiro atoms. The Bertz CT molecular complexity index is 565. The molecule has 1 fully saturated rings. The zero-order valence-electron chi connectivity index (χ0n) is 16.8. The van der Waals surface area contributed by atoms with Crippen LogP contribution in [-0.4, -0.2) is 69.2 Å². The summed E-state index contributed by atoms with van der Waals surface area (Å²) in [5, 5.41) is 3.35. The molecule has 1 aromatic carbocycles. The van der Waals surface area contributed by atoms with Gasteiger partial charge in [-0.15, -0.1) is 24.0 Å². The van der Waals surface area contributed by atoms with Crippen LogP contribution >= 0.6 is 24.0 Å². The Balaban J connectivity index is 0.00000364. The zero-order chi connectivity index (χ0) is 18.8. The van der Waals surface area contributed by atoms with E-state index in [1.807, 2.05) is 13.1 Å². The molecule has 0 saturated carbocycles. The highest BCUT2D eigenvalue weighted by atomic mass is 127. The van der Waals surface area contributed by atoms with E-state index in [4.69, 9.17) is 9.73 Å². The van der Waals surface area contributed by atoms with E-state index in [1.54, 1.807) is 19.2 Å². The molecule has 0 atom stereocenters. The number of piperidine rings is 1. The van der Waals surface area contributed by atoms with E-state index in [-0.39, 0.29) is 29.8 Å². The van der Waals surface area contributed by atoms with Crippen LogP contribution < -0.4 is 5.32 Å². The van der Waals surface area contributed by atoms with Gasteiger partial charge in [-0.1, -0.05) is 12.1 Å². The molecule has 154 valence electrons. The number of guanidine groups is 1. The van der Waals surface area contributed by atoms with Crippen molar-refractivity contribution in [1.82, 2.24) is 15.1 Å². The van der Waals surface area contributed by atoms with Crippen molar-refractivity contribution >= 4 is 29.9 Å². The lowest BCUT2D eigenvalue weighted by atomic mass is 9.97. The number of likely N-dealkylation sites (tertiary alicyclic amines) is 1. The number of ether oxygens (including phenoxy) is 1. The van der Waals surface area contributed by atoms with Crippen molar-refractivity contribution in [2.45, 2.75) is 26.3 Å². The Labute approximate surface area is 180 Å². The Morgan fingerprint density at radius 1 is 1.37 bits per heavy atom. The number of hydrogen-bond acceptors (Lipinski definition) is 3. The van der Waals surface area contributed by atoms with Gasteiger partial charge in [-0.2, -0.15) is 0 Å². The van der Waals surface area contributed by atoms with Crippen molar-refractivity contribution in [3.05, 3.63) is 35.6 Å². The van der Waals surface area contributed by atoms with Gasteiger partial charge in [0.1, 0.15) is 5.82 Å². The van der Waals surface area contributed by atoms with Crippen molar-refractivity contribution < 1.29 is 9.13 Å². The van der Waals surface area contributed by atoms with Gasteiger partial charge in [0.25, 0.3) is 0 Å². The van der Waals surface area contributed by atoms with Gasteiger partial charge in [-0.05, 0) is 56.5 Å². The molecule has 1 aromatic rings. The second-order valence-electron chi connectivity index (χ2n) is 6.96. The van der Waals surface area contributed by atoms with Crippen LogP contribution in [0.1, 0.15) is 25.3 Å². The number of methoxy groups -OCH3 is 1. The fourth-order valence-corrected chi connectivity index (χ4v) is 3.28. The third-order valence-corrected chi connectivity index (χ3v) is 4.82. The number of halogens is 2. The topological polar surface area (TPSA) is 40.1 Å². The predicted molar refractivity (Wildman–Crippen MR) is 120 cm³/mol. The lowest BCUT2D eigenvalue weighted by molar-refractivity contribution is 0.121. The molecule has 5 nitrogen and oxygen atoms in total. The molecule has 27 heavy (non-hydrogen) atoms. The summed E-state index contributed by atoms with van der Waals surface area (Å²) in [5.74, 6) is 1.32. The first-order valence-electron chi connectivity index (χ1n) is 9.57. The molecular weight excluding hydrogens is 458 g/mol. The second-order valence-corrected chi connectivity index (χ2v) is 6.96. The van der Waals surface area contributed by atoms with Crippen LogP contribution in [0, 0.1) is 11.7 Å². The third kappa shape index (κ3) is 8.74. The highest BCUT2D eigenvalue weighted by Gasteiger charge is 2.19. The Morgan fingerprint density at radius 2 is 2.11 bits per heavy atom. The van der Waals surface area contributed by atoms with Crippen molar-refractivity contribution in [3.8, 4) is 0 Å². The van der Waals surface area contributed by atoms with Crippen molar-refractivity contribution in [3.63, 3.8) is 0 Å². The van der Waals surface area contributed by atoms with Crippen LogP contribution in [-0.2, 0) is 11.3 Å². The molecule has 1 N–H and O–H groups in total. The minimum atomic E-state index is -0.196. The molecule has 0 aliphatic carbocycles. The summed E-state index contributed by atoms with van der Waals surface area (Å²) in [6, 6.07) is 6.75. The molecule has 0 unspecified atom stereocenters. The number of benzene rings is 1. The van der Waals surface area contributed by atoms with Crippen LogP contribution in [0.25, 0.3) is 0 Å². The minimum Gasteiger partial charge on any atom is -0.383 e. The zero-order valence-corrected chi connectivity index (χ0v) is 19.1. The standard InChI is InChI=1S/C20H33FN4O.HI/c1-4-22-20(24(2)16-18-6-5-7-19(21)14-18)23-15-17-8-10-25(11-9-17)12-13-26-3;/h5-7,14,17H,4,8-13,15-16H2,1-3H3,(H,22,23);1H. The van der Waals surface area contributed by atoms with Crippen LogP contribution in [0.4, 0.5) is 4.39 Å². The first-order valence-corrected chi connectivity index (χ1v) is 9.57. The number of rotatable bonds is 8. The fourth-order valence-electron chi connectivity index (χ4n) is 3.28. The first kappa shape index (κ1) is 24.1. The average molecular weight is 492 g/mol. The molecule has 1 saturated heterocycles. The molecule has 7 heteroatoms. The largest absolute Gasteiger partial charge is 0.383 e. The predicted octanol–water partition coefficient (Wildman–Crippen LogP) is 3.20. The van der Waals surface area contributed by atoms with Gasteiger partial charge in [-0.3, -0.25) is 4.99 Å². The van der Waals surface area contributed by atoms with E-state index in [2.05, 4.69) is 22.0 Å². The highest BCUT2D eigenvalue weighted by molar-refractivity contribution is 14.0. The normalized spacial score (nSPS) is 16.1. The monoisotopic (exact) mass is 492 g/mol. The van der Waals surface area contributed by atoms with Crippen LogP contribution in [0.5, 0.6) is 0 Å². The van der Waals surface area contributed by atoms with Crippen molar-refractivity contribution in [2.75, 3.05) is 53.5 Å². The highest BCUT2D eigenvalue weighted by Crippen LogP contribution is 2.17. The minimum absolute atomic E-state index is 0. The van der Waals surface area contributed by atoms with Gasteiger partial charge in [0.2, 0.25) is 0 Å². The maximum absolute atomic E-state index is 13.4. The van der Waals surface area contributed by atoms with Gasteiger partial charge < -0.3 is 19.9 Å². The van der Waals surface area contributed by atoms with E-state index in [0.29, 0.717) is 12.5 Å². The summed E-state index contributed by atoms with van der Waals surface area (Å²) < 4.78 is 18.5. The smallest absolute Gasteiger partial charge is 0.193 e. The van der Waals surface area contributed by atoms with Crippen LogP contribution in [0.3, 0.4) is 0 Å². The molecule has 0 amide bonds. The Hall–Kier alpha value is -0.930. The molecule has 0 aromatic heterocycles. The summed E-state index contributed by atoms with van der Waals surface area (Å²) in [6.45, 7) is 8.44. The fraction of sp³-hybridized carbons (Fsp3) is 0.650. The molecule has 1 aliphatic heterocycles. The molecule has 2 rings (SSSR count). The van der Waals surface area contributed by atoms with Gasteiger partial charge in [-0.25, -0.2) is 4.39 Å². The van der Waals surface area contributed by atoms with Gasteiger partial charge in [0.05, 0.1) is 6.61 Å². The lowest BCUT2D eigenvalue weighted by Crippen LogP contribution is -2.40. The summed E-state index contributed by atoms with van der Waals surface area (Å²) in [4.78, 5) is 9.36. The number of hydrogen-bond donors (Lipinski definition) is 1. The Morgan fingerprint density at radius 3 is 2.74 bits per heavy atom. The van der Waals surface area contributed by atoms with Gasteiger partial charge >= 0.3 is 0 Å². The first-order chi connectivity index (χ1) is 12.6. The van der Waals surface area contributed by atoms with Crippen molar-refractivity contribution in [1.29, 1.82) is 0 Å². The molecule has 1 aliphatic rings. The quantitative estimate of drug-likeness (QED) is 0.344. The SMILES string of the molecule is CCNC(=NCC1CCN(CCOC)CC1)N(C)Cc1cccc(F)c1.I. The van der Waals surface area contributed by atoms with E-state index in [1.165, 1.54) is 18.9 Å². The number of nitrogens with zero attached hydrogens (tertiary/aromatic N) is 3. The van der Waals surface area contributed by atoms with E-state index in [9.17, 15) is 4.39 Å². The van der Waals surface area contributed by atoms with Crippen LogP contribution in [0.15, 0.2) is 29.3 Å². The molecule has 0 radical (unpaired) electrons. The molecule has 1 heterocycles.